The van der Waals surface area contributed by atoms with Gasteiger partial charge in [0.25, 0.3) is 0 Å². The molecule has 2 unspecified atom stereocenters. The van der Waals surface area contributed by atoms with Crippen LogP contribution in [0.15, 0.2) is 59.4 Å². The van der Waals surface area contributed by atoms with E-state index in [1.54, 1.807) is 0 Å². The van der Waals surface area contributed by atoms with Gasteiger partial charge in [-0.1, -0.05) is 42.5 Å². The van der Waals surface area contributed by atoms with Crippen LogP contribution >= 0.6 is 12.4 Å². The van der Waals surface area contributed by atoms with E-state index in [1.165, 1.54) is 5.56 Å². The predicted octanol–water partition coefficient (Wildman–Crippen LogP) is 3.21. The van der Waals surface area contributed by atoms with Gasteiger partial charge in [0, 0.05) is 19.6 Å². The summed E-state index contributed by atoms with van der Waals surface area (Å²) in [4.78, 5) is 17.8. The van der Waals surface area contributed by atoms with E-state index in [0.29, 0.717) is 6.61 Å². The van der Waals surface area contributed by atoms with Gasteiger partial charge in [0.2, 0.25) is 0 Å². The summed E-state index contributed by atoms with van der Waals surface area (Å²) < 4.78 is 7.85. The van der Waals surface area contributed by atoms with Crippen molar-refractivity contribution in [3.8, 4) is 0 Å². The Bertz CT molecular complexity index is 906. The quantitative estimate of drug-likeness (QED) is 0.764. The minimum atomic E-state index is -0.0718. The minimum absolute atomic E-state index is 0. The third-order valence-corrected chi connectivity index (χ3v) is 5.00. The molecular formula is C20H24ClN3O2. The summed E-state index contributed by atoms with van der Waals surface area (Å²) >= 11 is 0. The van der Waals surface area contributed by atoms with Gasteiger partial charge in [0.15, 0.2) is 0 Å². The monoisotopic (exact) mass is 373 g/mol. The molecule has 1 N–H and O–H groups in total. The molecule has 0 bridgehead atoms. The Hall–Kier alpha value is -2.08. The summed E-state index contributed by atoms with van der Waals surface area (Å²) in [5.74, 6) is 0. The van der Waals surface area contributed by atoms with Crippen molar-refractivity contribution in [1.82, 2.24) is 14.5 Å². The summed E-state index contributed by atoms with van der Waals surface area (Å²) in [6.07, 6.45) is -0.00521. The largest absolute Gasteiger partial charge is 0.373 e. The predicted molar refractivity (Wildman–Crippen MR) is 106 cm³/mol. The van der Waals surface area contributed by atoms with Crippen LogP contribution in [0.4, 0.5) is 0 Å². The van der Waals surface area contributed by atoms with Crippen LogP contribution in [-0.4, -0.2) is 40.3 Å². The number of hydrogen-bond donors (Lipinski definition) is 1. The average Bonchev–Trinajstić information content (AvgIpc) is 2.98. The molecule has 2 aromatic carbocycles. The number of rotatable bonds is 4. The number of fused-ring (bicyclic) bond motifs is 1. The topological polar surface area (TPSA) is 50.3 Å². The van der Waals surface area contributed by atoms with Gasteiger partial charge in [-0.25, -0.2) is 4.79 Å². The van der Waals surface area contributed by atoms with Crippen LogP contribution in [0.3, 0.4) is 0 Å². The van der Waals surface area contributed by atoms with Crippen molar-refractivity contribution in [3.05, 3.63) is 70.6 Å². The first-order valence-corrected chi connectivity index (χ1v) is 8.79. The molecule has 5 nitrogen and oxygen atoms in total. The number of halogens is 1. The van der Waals surface area contributed by atoms with Crippen LogP contribution in [-0.2, 0) is 11.3 Å². The lowest BCUT2D eigenvalue weighted by Crippen LogP contribution is -2.46. The molecular weight excluding hydrogens is 350 g/mol. The van der Waals surface area contributed by atoms with Crippen molar-refractivity contribution >= 4 is 23.4 Å². The van der Waals surface area contributed by atoms with Crippen molar-refractivity contribution in [1.29, 1.82) is 0 Å². The van der Waals surface area contributed by atoms with Crippen molar-refractivity contribution in [3.63, 3.8) is 0 Å². The fourth-order valence-corrected chi connectivity index (χ4v) is 3.65. The van der Waals surface area contributed by atoms with E-state index in [4.69, 9.17) is 4.74 Å². The lowest BCUT2D eigenvalue weighted by atomic mass is 10.1. The molecule has 0 aliphatic carbocycles. The number of para-hydroxylation sites is 2. The molecule has 4 rings (SSSR count). The van der Waals surface area contributed by atoms with E-state index in [2.05, 4.69) is 41.1 Å². The maximum Gasteiger partial charge on any atom is 0.326 e. The highest BCUT2D eigenvalue weighted by molar-refractivity contribution is 5.85. The number of morpholine rings is 1. The first-order valence-electron chi connectivity index (χ1n) is 8.79. The van der Waals surface area contributed by atoms with Crippen LogP contribution in [0, 0.1) is 0 Å². The molecule has 3 aromatic rings. The van der Waals surface area contributed by atoms with E-state index in [0.717, 1.165) is 30.7 Å². The second-order valence-electron chi connectivity index (χ2n) is 6.69. The summed E-state index contributed by atoms with van der Waals surface area (Å²) in [7, 11) is 0. The molecule has 1 aromatic heterocycles. The average molecular weight is 374 g/mol. The fraction of sp³-hybridized carbons (Fsp3) is 0.350. The highest BCUT2D eigenvalue weighted by Crippen LogP contribution is 2.22. The molecule has 2 atom stereocenters. The van der Waals surface area contributed by atoms with Crippen LogP contribution in [0.1, 0.15) is 18.5 Å². The maximum atomic E-state index is 12.4. The molecule has 2 heterocycles. The first kappa shape index (κ1) is 18.7. The molecule has 0 spiro atoms. The van der Waals surface area contributed by atoms with Gasteiger partial charge in [-0.2, -0.15) is 0 Å². The maximum absolute atomic E-state index is 12.4. The summed E-state index contributed by atoms with van der Waals surface area (Å²) in [5.41, 5.74) is 3.04. The summed E-state index contributed by atoms with van der Waals surface area (Å²) in [6.45, 7) is 5.41. The molecule has 1 fully saturated rings. The number of imidazole rings is 1. The van der Waals surface area contributed by atoms with E-state index >= 15 is 0 Å². The summed E-state index contributed by atoms with van der Waals surface area (Å²) in [5, 5.41) is 0. The van der Waals surface area contributed by atoms with Gasteiger partial charge in [-0.05, 0) is 24.6 Å². The number of hydrogen-bond acceptors (Lipinski definition) is 3. The molecule has 0 saturated carbocycles. The summed E-state index contributed by atoms with van der Waals surface area (Å²) in [6, 6.07) is 18.3. The van der Waals surface area contributed by atoms with Crippen LogP contribution in [0.5, 0.6) is 0 Å². The van der Waals surface area contributed by atoms with Crippen molar-refractivity contribution in [2.75, 3.05) is 19.7 Å². The van der Waals surface area contributed by atoms with Crippen molar-refractivity contribution < 1.29 is 4.74 Å². The van der Waals surface area contributed by atoms with E-state index in [1.807, 2.05) is 34.9 Å². The molecule has 1 aliphatic rings. The van der Waals surface area contributed by atoms with E-state index < -0.39 is 0 Å². The third kappa shape index (κ3) is 3.70. The van der Waals surface area contributed by atoms with E-state index in [9.17, 15) is 4.79 Å². The van der Waals surface area contributed by atoms with Crippen LogP contribution < -0.4 is 5.69 Å². The first-order chi connectivity index (χ1) is 12.2. The highest BCUT2D eigenvalue weighted by Gasteiger charge is 2.28. The van der Waals surface area contributed by atoms with Crippen molar-refractivity contribution in [2.24, 2.45) is 0 Å². The van der Waals surface area contributed by atoms with Gasteiger partial charge in [-0.3, -0.25) is 9.47 Å². The molecule has 6 heteroatoms. The van der Waals surface area contributed by atoms with Gasteiger partial charge in [0.1, 0.15) is 0 Å². The Morgan fingerprint density at radius 2 is 1.88 bits per heavy atom. The second-order valence-corrected chi connectivity index (χ2v) is 6.69. The molecule has 1 saturated heterocycles. The lowest BCUT2D eigenvalue weighted by molar-refractivity contribution is -0.0529. The van der Waals surface area contributed by atoms with Gasteiger partial charge in [-0.15, -0.1) is 12.4 Å². The standard InChI is InChI=1S/C20H23N3O2.ClH/c1-15(23-18-10-6-5-9-17(18)21-20(23)24)19-14-22(11-12-25-19)13-16-7-3-2-4-8-16;/h2-10,15,19H,11-14H2,1H3,(H,21,24);1H. The fourth-order valence-electron chi connectivity index (χ4n) is 3.65. The van der Waals surface area contributed by atoms with E-state index in [-0.39, 0.29) is 30.2 Å². The third-order valence-electron chi connectivity index (χ3n) is 5.00. The molecule has 1 aliphatic heterocycles. The molecule has 0 radical (unpaired) electrons. The van der Waals surface area contributed by atoms with Gasteiger partial charge < -0.3 is 9.72 Å². The Balaban J connectivity index is 0.00000196. The molecule has 0 amide bonds. The number of nitrogens with zero attached hydrogens (tertiary/aromatic N) is 2. The van der Waals surface area contributed by atoms with Crippen LogP contribution in [0.25, 0.3) is 11.0 Å². The zero-order valence-corrected chi connectivity index (χ0v) is 15.6. The molecule has 26 heavy (non-hydrogen) atoms. The Kier molecular flexibility index (Phi) is 5.81. The Labute approximate surface area is 159 Å². The highest BCUT2D eigenvalue weighted by atomic mass is 35.5. The minimum Gasteiger partial charge on any atom is -0.373 e. The number of aromatic amines is 1. The SMILES string of the molecule is CC(C1CN(Cc2ccccc2)CCO1)n1c(=O)[nH]c2ccccc21.Cl. The number of aromatic nitrogens is 2. The lowest BCUT2D eigenvalue weighted by Gasteiger charge is -2.36. The number of ether oxygens (including phenoxy) is 1. The van der Waals surface area contributed by atoms with Crippen molar-refractivity contribution in [2.45, 2.75) is 25.6 Å². The van der Waals surface area contributed by atoms with Gasteiger partial charge in [0.05, 0.1) is 29.8 Å². The Morgan fingerprint density at radius 1 is 1.15 bits per heavy atom. The zero-order chi connectivity index (χ0) is 17.2. The smallest absolute Gasteiger partial charge is 0.326 e. The molecule has 138 valence electrons. The number of benzene rings is 2. The van der Waals surface area contributed by atoms with Gasteiger partial charge >= 0.3 is 5.69 Å². The zero-order valence-electron chi connectivity index (χ0n) is 14.8. The second kappa shape index (κ2) is 8.08. The van der Waals surface area contributed by atoms with Crippen LogP contribution in [0.2, 0.25) is 0 Å². The number of H-pyrrole nitrogens is 1. The number of nitrogens with one attached hydrogen (secondary N) is 1. The Morgan fingerprint density at radius 3 is 2.69 bits per heavy atom. The normalized spacial score (nSPS) is 19.2.